The first-order chi connectivity index (χ1) is 15.5. The lowest BCUT2D eigenvalue weighted by Gasteiger charge is -2.23. The zero-order valence-electron chi connectivity index (χ0n) is 18.2. The highest BCUT2D eigenvalue weighted by atomic mass is 19.1. The number of rotatable bonds is 8. The van der Waals surface area contributed by atoms with E-state index < -0.39 is 0 Å². The molecular weight excluding hydrogens is 403 g/mol. The number of nitrogens with one attached hydrogen (secondary N) is 1. The number of hydrogen-bond donors (Lipinski definition) is 1. The Morgan fingerprint density at radius 1 is 0.938 bits per heavy atom. The van der Waals surface area contributed by atoms with Gasteiger partial charge in [0.2, 0.25) is 11.8 Å². The maximum Gasteiger partial charge on any atom is 0.230 e. The van der Waals surface area contributed by atoms with Crippen molar-refractivity contribution in [2.24, 2.45) is 5.92 Å². The third-order valence-corrected chi connectivity index (χ3v) is 5.63. The molecule has 3 aromatic carbocycles. The van der Waals surface area contributed by atoms with E-state index in [1.54, 1.807) is 17.0 Å². The van der Waals surface area contributed by atoms with Crippen molar-refractivity contribution in [2.45, 2.75) is 39.3 Å². The van der Waals surface area contributed by atoms with Gasteiger partial charge in [-0.3, -0.25) is 9.59 Å². The minimum atomic E-state index is -0.293. The van der Waals surface area contributed by atoms with E-state index in [-0.39, 0.29) is 30.0 Å². The molecule has 0 heterocycles. The molecule has 4 nitrogen and oxygen atoms in total. The third-order valence-electron chi connectivity index (χ3n) is 5.63. The number of nitrogens with zero attached hydrogens (tertiary/aromatic N) is 1. The van der Waals surface area contributed by atoms with E-state index in [4.69, 9.17) is 0 Å². The Balaban J connectivity index is 1.40. The summed E-state index contributed by atoms with van der Waals surface area (Å²) < 4.78 is 13.2. The van der Waals surface area contributed by atoms with Gasteiger partial charge in [-0.15, -0.1) is 0 Å². The van der Waals surface area contributed by atoms with Gasteiger partial charge in [0.15, 0.2) is 0 Å². The lowest BCUT2D eigenvalue weighted by atomic mass is 10.1. The molecule has 32 heavy (non-hydrogen) atoms. The van der Waals surface area contributed by atoms with Gasteiger partial charge in [-0.1, -0.05) is 54.1 Å². The Kier molecular flexibility index (Phi) is 6.64. The average Bonchev–Trinajstić information content (AvgIpc) is 3.63. The largest absolute Gasteiger partial charge is 0.352 e. The van der Waals surface area contributed by atoms with Gasteiger partial charge in [0.1, 0.15) is 5.82 Å². The van der Waals surface area contributed by atoms with Crippen molar-refractivity contribution in [2.75, 3.05) is 4.90 Å². The minimum absolute atomic E-state index is 0.0449. The van der Waals surface area contributed by atoms with Crippen LogP contribution in [0, 0.1) is 18.7 Å². The molecule has 0 radical (unpaired) electrons. The highest BCUT2D eigenvalue weighted by Crippen LogP contribution is 2.33. The molecule has 1 saturated carbocycles. The van der Waals surface area contributed by atoms with Crippen LogP contribution in [-0.4, -0.2) is 11.8 Å². The van der Waals surface area contributed by atoms with Crippen LogP contribution >= 0.6 is 0 Å². The summed E-state index contributed by atoms with van der Waals surface area (Å²) in [6.07, 6.45) is 2.11. The summed E-state index contributed by atoms with van der Waals surface area (Å²) in [6.45, 7) is 2.92. The predicted molar refractivity (Wildman–Crippen MR) is 123 cm³/mol. The normalized spacial score (nSPS) is 12.9. The average molecular weight is 431 g/mol. The van der Waals surface area contributed by atoms with Gasteiger partial charge in [-0.2, -0.15) is 0 Å². The second-order valence-electron chi connectivity index (χ2n) is 8.43. The van der Waals surface area contributed by atoms with E-state index in [2.05, 4.69) is 11.4 Å². The summed E-state index contributed by atoms with van der Waals surface area (Å²) in [4.78, 5) is 27.0. The Hall–Kier alpha value is -3.47. The summed E-state index contributed by atoms with van der Waals surface area (Å²) in [7, 11) is 0. The van der Waals surface area contributed by atoms with E-state index in [0.29, 0.717) is 13.1 Å². The summed E-state index contributed by atoms with van der Waals surface area (Å²) in [5.74, 6) is -0.171. The molecule has 1 fully saturated rings. The standard InChI is InChI=1S/C27H27FN2O2/c1-19-3-2-4-22(15-19)17-29-26(31)16-20-7-13-25(14-8-20)30(27(32)23-9-10-23)18-21-5-11-24(28)12-6-21/h2-8,11-15,23H,9-10,16-18H2,1H3,(H,29,31). The van der Waals surface area contributed by atoms with Crippen molar-refractivity contribution < 1.29 is 14.0 Å². The van der Waals surface area contributed by atoms with Crippen LogP contribution in [-0.2, 0) is 29.1 Å². The number of carbonyl (C=O) groups excluding carboxylic acids is 2. The van der Waals surface area contributed by atoms with Crippen LogP contribution in [0.15, 0.2) is 72.8 Å². The number of hydrogen-bond acceptors (Lipinski definition) is 2. The quantitative estimate of drug-likeness (QED) is 0.551. The van der Waals surface area contributed by atoms with Crippen LogP contribution in [0.4, 0.5) is 10.1 Å². The van der Waals surface area contributed by atoms with Crippen molar-refractivity contribution in [3.63, 3.8) is 0 Å². The fraction of sp³-hybridized carbons (Fsp3) is 0.259. The first kappa shape index (κ1) is 21.8. The van der Waals surface area contributed by atoms with Crippen LogP contribution < -0.4 is 10.2 Å². The van der Waals surface area contributed by atoms with Gasteiger partial charge in [0, 0.05) is 18.2 Å². The van der Waals surface area contributed by atoms with Crippen LogP contribution in [0.5, 0.6) is 0 Å². The molecule has 0 aromatic heterocycles. The van der Waals surface area contributed by atoms with E-state index in [0.717, 1.165) is 35.2 Å². The van der Waals surface area contributed by atoms with E-state index >= 15 is 0 Å². The molecule has 5 heteroatoms. The Morgan fingerprint density at radius 3 is 2.28 bits per heavy atom. The van der Waals surface area contributed by atoms with E-state index in [1.165, 1.54) is 17.7 Å². The van der Waals surface area contributed by atoms with Crippen molar-refractivity contribution in [1.29, 1.82) is 0 Å². The lowest BCUT2D eigenvalue weighted by molar-refractivity contribution is -0.121. The minimum Gasteiger partial charge on any atom is -0.352 e. The molecular formula is C27H27FN2O2. The summed E-state index contributed by atoms with van der Waals surface area (Å²) in [6, 6.07) is 21.8. The van der Waals surface area contributed by atoms with Crippen LogP contribution in [0.1, 0.15) is 35.1 Å². The molecule has 0 unspecified atom stereocenters. The van der Waals surface area contributed by atoms with E-state index in [1.807, 2.05) is 49.4 Å². The van der Waals surface area contributed by atoms with Crippen molar-refractivity contribution in [3.8, 4) is 0 Å². The predicted octanol–water partition coefficient (Wildman–Crippen LogP) is 4.94. The number of halogens is 1. The fourth-order valence-corrected chi connectivity index (χ4v) is 3.68. The zero-order valence-corrected chi connectivity index (χ0v) is 18.2. The van der Waals surface area contributed by atoms with Crippen LogP contribution in [0.3, 0.4) is 0 Å². The van der Waals surface area contributed by atoms with Crippen molar-refractivity contribution in [1.82, 2.24) is 5.32 Å². The molecule has 0 bridgehead atoms. The lowest BCUT2D eigenvalue weighted by Crippen LogP contribution is -2.31. The molecule has 1 N–H and O–H groups in total. The molecule has 1 aliphatic carbocycles. The topological polar surface area (TPSA) is 49.4 Å². The summed E-state index contributed by atoms with van der Waals surface area (Å²) in [5.41, 5.74) is 4.79. The Labute approximate surface area is 188 Å². The van der Waals surface area contributed by atoms with Gasteiger partial charge < -0.3 is 10.2 Å². The second-order valence-corrected chi connectivity index (χ2v) is 8.43. The number of carbonyl (C=O) groups is 2. The number of benzene rings is 3. The number of amides is 2. The zero-order chi connectivity index (χ0) is 22.5. The molecule has 0 saturated heterocycles. The second kappa shape index (κ2) is 9.77. The SMILES string of the molecule is Cc1cccc(CNC(=O)Cc2ccc(N(Cc3ccc(F)cc3)C(=O)C3CC3)cc2)c1. The van der Waals surface area contributed by atoms with Crippen LogP contribution in [0.25, 0.3) is 0 Å². The summed E-state index contributed by atoms with van der Waals surface area (Å²) >= 11 is 0. The molecule has 4 rings (SSSR count). The first-order valence-corrected chi connectivity index (χ1v) is 10.9. The molecule has 1 aliphatic rings. The Bertz CT molecular complexity index is 1090. The van der Waals surface area contributed by atoms with Crippen molar-refractivity contribution >= 4 is 17.5 Å². The van der Waals surface area contributed by atoms with Gasteiger partial charge in [-0.05, 0) is 60.7 Å². The molecule has 0 atom stereocenters. The Morgan fingerprint density at radius 2 is 1.62 bits per heavy atom. The van der Waals surface area contributed by atoms with Gasteiger partial charge in [0.05, 0.1) is 13.0 Å². The highest BCUT2D eigenvalue weighted by molar-refractivity contribution is 5.96. The van der Waals surface area contributed by atoms with Gasteiger partial charge >= 0.3 is 0 Å². The van der Waals surface area contributed by atoms with Gasteiger partial charge in [-0.25, -0.2) is 4.39 Å². The fourth-order valence-electron chi connectivity index (χ4n) is 3.68. The molecule has 164 valence electrons. The number of anilines is 1. The first-order valence-electron chi connectivity index (χ1n) is 10.9. The smallest absolute Gasteiger partial charge is 0.230 e. The number of aryl methyl sites for hydroxylation is 1. The van der Waals surface area contributed by atoms with Crippen LogP contribution in [0.2, 0.25) is 0 Å². The third kappa shape index (κ3) is 5.82. The maximum absolute atomic E-state index is 13.2. The van der Waals surface area contributed by atoms with Crippen molar-refractivity contribution in [3.05, 3.63) is 101 Å². The monoisotopic (exact) mass is 430 g/mol. The maximum atomic E-state index is 13.2. The molecule has 2 amide bonds. The summed E-state index contributed by atoms with van der Waals surface area (Å²) in [5, 5.41) is 2.96. The highest BCUT2D eigenvalue weighted by Gasteiger charge is 2.34. The molecule has 3 aromatic rings. The van der Waals surface area contributed by atoms with Gasteiger partial charge in [0.25, 0.3) is 0 Å². The molecule has 0 spiro atoms. The van der Waals surface area contributed by atoms with E-state index in [9.17, 15) is 14.0 Å². The molecule has 0 aliphatic heterocycles.